The average Bonchev–Trinajstić information content (AvgIpc) is 2.87. The highest BCUT2D eigenvalue weighted by atomic mass is 16.3. The number of hydrogen-bond acceptors (Lipinski definition) is 2. The maximum absolute atomic E-state index is 9.57. The molecule has 1 aliphatic rings. The third-order valence-corrected chi connectivity index (χ3v) is 4.22. The molecule has 2 N–H and O–H groups in total. The van der Waals surface area contributed by atoms with Crippen molar-refractivity contribution in [1.29, 1.82) is 0 Å². The van der Waals surface area contributed by atoms with Crippen LogP contribution in [0.3, 0.4) is 0 Å². The molecule has 0 spiro atoms. The molecule has 0 amide bonds. The summed E-state index contributed by atoms with van der Waals surface area (Å²) in [5, 5.41) is 13.3. The predicted octanol–water partition coefficient (Wildman–Crippen LogP) is 4.12. The van der Waals surface area contributed by atoms with Crippen molar-refractivity contribution in [2.24, 2.45) is 0 Å². The van der Waals surface area contributed by atoms with Gasteiger partial charge in [0.15, 0.2) is 0 Å². The van der Waals surface area contributed by atoms with E-state index in [4.69, 9.17) is 0 Å². The van der Waals surface area contributed by atoms with E-state index < -0.39 is 0 Å². The minimum Gasteiger partial charge on any atom is -0.508 e. The normalized spacial score (nSPS) is 18.8. The first-order valence-corrected chi connectivity index (χ1v) is 7.40. The standard InChI is InChI=1S/C18H21NO/c1-2-17(13-6-4-3-5-7-13)19-18-11-8-14-12-15(20)9-10-16(14)18/h3-7,9-10,12,17-20H,2,8,11H2,1H3. The van der Waals surface area contributed by atoms with E-state index in [0.717, 1.165) is 19.3 Å². The molecule has 2 nitrogen and oxygen atoms in total. The van der Waals surface area contributed by atoms with E-state index in [1.165, 1.54) is 16.7 Å². The fraction of sp³-hybridized carbons (Fsp3) is 0.333. The quantitative estimate of drug-likeness (QED) is 0.873. The summed E-state index contributed by atoms with van der Waals surface area (Å²) < 4.78 is 0. The Morgan fingerprint density at radius 2 is 2.00 bits per heavy atom. The smallest absolute Gasteiger partial charge is 0.115 e. The molecule has 20 heavy (non-hydrogen) atoms. The minimum atomic E-state index is 0.375. The molecular formula is C18H21NO. The van der Waals surface area contributed by atoms with E-state index in [9.17, 15) is 5.11 Å². The summed E-state index contributed by atoms with van der Waals surface area (Å²) in [7, 11) is 0. The van der Waals surface area contributed by atoms with E-state index in [2.05, 4.69) is 48.6 Å². The second-order valence-corrected chi connectivity index (χ2v) is 5.51. The first-order chi connectivity index (χ1) is 9.78. The third kappa shape index (κ3) is 2.56. The van der Waals surface area contributed by atoms with Gasteiger partial charge in [-0.15, -0.1) is 0 Å². The Hall–Kier alpha value is -1.80. The van der Waals surface area contributed by atoms with Gasteiger partial charge >= 0.3 is 0 Å². The van der Waals surface area contributed by atoms with Crippen molar-refractivity contribution in [2.45, 2.75) is 38.3 Å². The Kier molecular flexibility index (Phi) is 3.75. The summed E-state index contributed by atoms with van der Waals surface area (Å²) in [5.74, 6) is 0.375. The summed E-state index contributed by atoms with van der Waals surface area (Å²) in [5.41, 5.74) is 3.98. The molecule has 0 fully saturated rings. The summed E-state index contributed by atoms with van der Waals surface area (Å²) in [6.07, 6.45) is 3.24. The number of nitrogens with one attached hydrogen (secondary N) is 1. The summed E-state index contributed by atoms with van der Waals surface area (Å²) in [6.45, 7) is 2.22. The first kappa shape index (κ1) is 13.2. The van der Waals surface area contributed by atoms with Gasteiger partial charge in [-0.3, -0.25) is 0 Å². The zero-order chi connectivity index (χ0) is 13.9. The molecule has 2 atom stereocenters. The molecule has 0 heterocycles. The maximum atomic E-state index is 9.57. The molecule has 0 aliphatic heterocycles. The number of benzene rings is 2. The van der Waals surface area contributed by atoms with Crippen LogP contribution in [0.4, 0.5) is 0 Å². The van der Waals surface area contributed by atoms with Crippen LogP contribution >= 0.6 is 0 Å². The lowest BCUT2D eigenvalue weighted by atomic mass is 10.0. The first-order valence-electron chi connectivity index (χ1n) is 7.40. The fourth-order valence-corrected chi connectivity index (χ4v) is 3.16. The van der Waals surface area contributed by atoms with Gasteiger partial charge < -0.3 is 10.4 Å². The number of aryl methyl sites for hydroxylation is 1. The SMILES string of the molecule is CCC(NC1CCc2cc(O)ccc21)c1ccccc1. The van der Waals surface area contributed by atoms with Crippen molar-refractivity contribution >= 4 is 0 Å². The molecule has 2 aromatic carbocycles. The highest BCUT2D eigenvalue weighted by Gasteiger charge is 2.24. The lowest BCUT2D eigenvalue weighted by Gasteiger charge is -2.23. The van der Waals surface area contributed by atoms with Gasteiger partial charge in [-0.1, -0.05) is 43.3 Å². The molecule has 2 heteroatoms. The number of hydrogen-bond donors (Lipinski definition) is 2. The van der Waals surface area contributed by atoms with Crippen molar-refractivity contribution in [1.82, 2.24) is 5.32 Å². The van der Waals surface area contributed by atoms with Gasteiger partial charge in [0, 0.05) is 12.1 Å². The average molecular weight is 267 g/mol. The van der Waals surface area contributed by atoms with Crippen molar-refractivity contribution in [3.05, 3.63) is 65.2 Å². The molecular weight excluding hydrogens is 246 g/mol. The van der Waals surface area contributed by atoms with E-state index in [1.807, 2.05) is 6.07 Å². The van der Waals surface area contributed by atoms with Crippen molar-refractivity contribution in [3.8, 4) is 5.75 Å². The van der Waals surface area contributed by atoms with E-state index >= 15 is 0 Å². The van der Waals surface area contributed by atoms with Crippen LogP contribution in [0.25, 0.3) is 0 Å². The molecule has 0 bridgehead atoms. The van der Waals surface area contributed by atoms with Crippen LogP contribution in [-0.2, 0) is 6.42 Å². The summed E-state index contributed by atoms with van der Waals surface area (Å²) in [4.78, 5) is 0. The Bertz CT molecular complexity index is 579. The largest absolute Gasteiger partial charge is 0.508 e. The van der Waals surface area contributed by atoms with Gasteiger partial charge in [0.25, 0.3) is 0 Å². The lowest BCUT2D eigenvalue weighted by molar-refractivity contribution is 0.433. The van der Waals surface area contributed by atoms with Crippen molar-refractivity contribution < 1.29 is 5.11 Å². The van der Waals surface area contributed by atoms with E-state index in [1.54, 1.807) is 6.07 Å². The second-order valence-electron chi connectivity index (χ2n) is 5.51. The van der Waals surface area contributed by atoms with Gasteiger partial charge in [-0.05, 0) is 48.1 Å². The minimum absolute atomic E-state index is 0.375. The van der Waals surface area contributed by atoms with Gasteiger partial charge in [0.2, 0.25) is 0 Å². The molecule has 1 aliphatic carbocycles. The Morgan fingerprint density at radius 3 is 2.75 bits per heavy atom. The number of phenolic OH excluding ortho intramolecular Hbond substituents is 1. The predicted molar refractivity (Wildman–Crippen MR) is 81.8 cm³/mol. The van der Waals surface area contributed by atoms with Crippen LogP contribution in [0, 0.1) is 0 Å². The molecule has 0 saturated heterocycles. The number of fused-ring (bicyclic) bond motifs is 1. The molecule has 0 radical (unpaired) electrons. The third-order valence-electron chi connectivity index (χ3n) is 4.22. The van der Waals surface area contributed by atoms with Crippen LogP contribution in [0.1, 0.15) is 48.5 Å². The Labute approximate surface area is 120 Å². The van der Waals surface area contributed by atoms with E-state index in [-0.39, 0.29) is 0 Å². The highest BCUT2D eigenvalue weighted by Crippen LogP contribution is 2.35. The van der Waals surface area contributed by atoms with Gasteiger partial charge in [-0.2, -0.15) is 0 Å². The second kappa shape index (κ2) is 5.68. The van der Waals surface area contributed by atoms with Gasteiger partial charge in [-0.25, -0.2) is 0 Å². The monoisotopic (exact) mass is 267 g/mol. The lowest BCUT2D eigenvalue weighted by Crippen LogP contribution is -2.24. The number of rotatable bonds is 4. The topological polar surface area (TPSA) is 32.3 Å². The molecule has 2 unspecified atom stereocenters. The van der Waals surface area contributed by atoms with Gasteiger partial charge in [0.05, 0.1) is 0 Å². The maximum Gasteiger partial charge on any atom is 0.115 e. The van der Waals surface area contributed by atoms with Crippen molar-refractivity contribution in [3.63, 3.8) is 0 Å². The molecule has 3 rings (SSSR count). The summed E-state index contributed by atoms with van der Waals surface area (Å²) in [6, 6.07) is 17.2. The molecule has 0 saturated carbocycles. The van der Waals surface area contributed by atoms with Crippen LogP contribution in [0.15, 0.2) is 48.5 Å². The van der Waals surface area contributed by atoms with Crippen molar-refractivity contribution in [2.75, 3.05) is 0 Å². The molecule has 2 aromatic rings. The van der Waals surface area contributed by atoms with Crippen LogP contribution in [0.2, 0.25) is 0 Å². The number of phenols is 1. The Balaban J connectivity index is 1.79. The summed E-state index contributed by atoms with van der Waals surface area (Å²) >= 11 is 0. The highest BCUT2D eigenvalue weighted by molar-refractivity contribution is 5.40. The van der Waals surface area contributed by atoms with Crippen LogP contribution in [0.5, 0.6) is 5.75 Å². The Morgan fingerprint density at radius 1 is 1.20 bits per heavy atom. The van der Waals surface area contributed by atoms with Gasteiger partial charge in [0.1, 0.15) is 5.75 Å². The fourth-order valence-electron chi connectivity index (χ4n) is 3.16. The zero-order valence-electron chi connectivity index (χ0n) is 11.8. The molecule has 0 aromatic heterocycles. The zero-order valence-corrected chi connectivity index (χ0v) is 11.8. The van der Waals surface area contributed by atoms with Crippen LogP contribution < -0.4 is 5.32 Å². The molecule has 104 valence electrons. The van der Waals surface area contributed by atoms with E-state index in [0.29, 0.717) is 17.8 Å². The van der Waals surface area contributed by atoms with Crippen LogP contribution in [-0.4, -0.2) is 5.11 Å². The number of aromatic hydroxyl groups is 1.